The number of allylic oxidation sites excluding steroid dienone is 2. The number of hydrogen-bond acceptors (Lipinski definition) is 3. The van der Waals surface area contributed by atoms with E-state index >= 15 is 0 Å². The molecule has 0 saturated heterocycles. The first-order valence-corrected chi connectivity index (χ1v) is 16.1. The molecule has 0 N–H and O–H groups in total. The van der Waals surface area contributed by atoms with Crippen LogP contribution in [0.1, 0.15) is 12.6 Å². The summed E-state index contributed by atoms with van der Waals surface area (Å²) in [6.07, 6.45) is 2.01. The smallest absolute Gasteiger partial charge is 0.235 e. The third kappa shape index (κ3) is 3.73. The molecule has 0 fully saturated rings. The Labute approximate surface area is 276 Å². The van der Waals surface area contributed by atoms with Crippen LogP contribution in [0.4, 0.5) is 0 Å². The molecule has 0 unspecified atom stereocenters. The van der Waals surface area contributed by atoms with Gasteiger partial charge in [0.05, 0.1) is 38.7 Å². The summed E-state index contributed by atoms with van der Waals surface area (Å²) >= 11 is 0. The number of hydrogen-bond donors (Lipinski definition) is 0. The van der Waals surface area contributed by atoms with Crippen LogP contribution >= 0.6 is 0 Å². The molecule has 0 atom stereocenters. The van der Waals surface area contributed by atoms with Crippen LogP contribution in [0.5, 0.6) is 5.75 Å². The van der Waals surface area contributed by atoms with E-state index in [0.29, 0.717) is 11.7 Å². The summed E-state index contributed by atoms with van der Waals surface area (Å²) < 4.78 is 10.6. The molecule has 10 rings (SSSR count). The molecule has 1 aliphatic rings. The Kier molecular flexibility index (Phi) is 5.58. The molecular weight excluding hydrogens is 589 g/mol. The second-order valence-corrected chi connectivity index (χ2v) is 12.3. The summed E-state index contributed by atoms with van der Waals surface area (Å²) in [5.74, 6) is 1.95. The van der Waals surface area contributed by atoms with Crippen molar-refractivity contribution in [2.24, 2.45) is 0 Å². The molecule has 0 bridgehead atoms. The van der Waals surface area contributed by atoms with Crippen molar-refractivity contribution < 1.29 is 4.74 Å². The van der Waals surface area contributed by atoms with Crippen LogP contribution in [0, 0.1) is 0 Å². The fraction of sp³-hybridized carbons (Fsp3) is 0.0233. The monoisotopic (exact) mass is 616 g/mol. The van der Waals surface area contributed by atoms with Crippen LogP contribution in [0.3, 0.4) is 0 Å². The molecule has 48 heavy (non-hydrogen) atoms. The molecule has 5 nitrogen and oxygen atoms in total. The zero-order valence-electron chi connectivity index (χ0n) is 26.2. The van der Waals surface area contributed by atoms with E-state index in [-0.39, 0.29) is 0 Å². The van der Waals surface area contributed by atoms with Crippen LogP contribution in [-0.4, -0.2) is 19.1 Å². The molecule has 3 aromatic heterocycles. The van der Waals surface area contributed by atoms with Gasteiger partial charge in [-0.2, -0.15) is 0 Å². The second-order valence-electron chi connectivity index (χ2n) is 12.3. The molecule has 0 aliphatic carbocycles. The summed E-state index contributed by atoms with van der Waals surface area (Å²) in [7, 11) is 0. The fourth-order valence-electron chi connectivity index (χ4n) is 7.51. The van der Waals surface area contributed by atoms with E-state index in [1.807, 2.05) is 31.2 Å². The van der Waals surface area contributed by atoms with Gasteiger partial charge in [0.1, 0.15) is 11.5 Å². The second kappa shape index (κ2) is 10.0. The Bertz CT molecular complexity index is 2840. The molecule has 226 valence electrons. The van der Waals surface area contributed by atoms with Gasteiger partial charge in [-0.3, -0.25) is 4.57 Å². The third-order valence-electron chi connectivity index (χ3n) is 9.64. The predicted molar refractivity (Wildman–Crippen MR) is 197 cm³/mol. The minimum atomic E-state index is 0.595. The lowest BCUT2D eigenvalue weighted by Gasteiger charge is -2.22. The van der Waals surface area contributed by atoms with Crippen molar-refractivity contribution >= 4 is 60.1 Å². The highest BCUT2D eigenvalue weighted by atomic mass is 16.5. The Hall–Kier alpha value is -6.46. The number of para-hydroxylation sites is 3. The predicted octanol–water partition coefficient (Wildman–Crippen LogP) is 10.8. The van der Waals surface area contributed by atoms with E-state index in [4.69, 9.17) is 14.7 Å². The molecule has 0 saturated carbocycles. The molecule has 6 aromatic carbocycles. The highest BCUT2D eigenvalue weighted by molar-refractivity contribution is 6.12. The molecule has 0 radical (unpaired) electrons. The number of rotatable bonds is 3. The lowest BCUT2D eigenvalue weighted by Crippen LogP contribution is -2.11. The van der Waals surface area contributed by atoms with Crippen LogP contribution in [0.2, 0.25) is 0 Å². The summed E-state index contributed by atoms with van der Waals surface area (Å²) in [5.41, 5.74) is 10.6. The van der Waals surface area contributed by atoms with E-state index in [9.17, 15) is 0 Å². The van der Waals surface area contributed by atoms with Crippen LogP contribution < -0.4 is 4.74 Å². The number of benzene rings is 6. The summed E-state index contributed by atoms with van der Waals surface area (Å²) in [6.45, 7) is 6.17. The largest absolute Gasteiger partial charge is 0.457 e. The van der Waals surface area contributed by atoms with Crippen molar-refractivity contribution in [1.82, 2.24) is 19.1 Å². The van der Waals surface area contributed by atoms with Crippen molar-refractivity contribution in [3.8, 4) is 28.5 Å². The summed E-state index contributed by atoms with van der Waals surface area (Å²) in [5, 5.41) is 5.69. The minimum absolute atomic E-state index is 0.595. The number of fused-ring (bicyclic) bond motifs is 6. The average molecular weight is 617 g/mol. The molecule has 5 heteroatoms. The molecule has 1 aliphatic heterocycles. The summed E-state index contributed by atoms with van der Waals surface area (Å²) in [6, 6.07) is 47.2. The number of aromatic nitrogens is 4. The Morgan fingerprint density at radius 2 is 1.19 bits per heavy atom. The standard InChI is InChI=1S/C43H28N4O/c1-3-30-26(2)48-40-19-11-16-35-41(40)42(30)45-43(44-35)47-37-18-10-8-15-32(37)34-25-28(21-23-39(34)47)27-20-22-38-33(24-27)31-14-7-9-17-36(31)46(38)29-12-5-4-6-13-29/h3-25H,2H2,1H3/b30-3+. The zero-order chi connectivity index (χ0) is 31.9. The van der Waals surface area contributed by atoms with Crippen LogP contribution in [0.15, 0.2) is 152 Å². The third-order valence-corrected chi connectivity index (χ3v) is 9.64. The quantitative estimate of drug-likeness (QED) is 0.198. The zero-order valence-corrected chi connectivity index (χ0v) is 26.2. The summed E-state index contributed by atoms with van der Waals surface area (Å²) in [4.78, 5) is 10.3. The average Bonchev–Trinajstić information content (AvgIpc) is 3.64. The van der Waals surface area contributed by atoms with Crippen molar-refractivity contribution in [1.29, 1.82) is 0 Å². The van der Waals surface area contributed by atoms with E-state index < -0.39 is 0 Å². The van der Waals surface area contributed by atoms with Crippen molar-refractivity contribution in [3.63, 3.8) is 0 Å². The SMILES string of the molecule is C=C1Oc2cccc3nc(-n4c5ccccc5c5cc(-c6ccc7c(c6)c6ccccc6n7-c6ccccc6)ccc54)nc(c23)/C1=C/C. The molecule has 0 amide bonds. The molecule has 0 spiro atoms. The molecule has 4 heterocycles. The Balaban J connectivity index is 1.19. The van der Waals surface area contributed by atoms with Crippen molar-refractivity contribution in [2.75, 3.05) is 0 Å². The fourth-order valence-corrected chi connectivity index (χ4v) is 7.51. The maximum absolute atomic E-state index is 6.06. The van der Waals surface area contributed by atoms with Crippen molar-refractivity contribution in [3.05, 3.63) is 158 Å². The van der Waals surface area contributed by atoms with E-state index in [1.165, 1.54) is 27.4 Å². The van der Waals surface area contributed by atoms with Gasteiger partial charge in [0.2, 0.25) is 5.95 Å². The lowest BCUT2D eigenvalue weighted by molar-refractivity contribution is 0.451. The lowest BCUT2D eigenvalue weighted by atomic mass is 10.0. The van der Waals surface area contributed by atoms with Gasteiger partial charge in [0, 0.05) is 32.8 Å². The van der Waals surface area contributed by atoms with Gasteiger partial charge in [-0.1, -0.05) is 85.5 Å². The van der Waals surface area contributed by atoms with Gasteiger partial charge < -0.3 is 9.30 Å². The van der Waals surface area contributed by atoms with Gasteiger partial charge in [-0.25, -0.2) is 9.97 Å². The van der Waals surface area contributed by atoms with Gasteiger partial charge in [0.15, 0.2) is 0 Å². The Morgan fingerprint density at radius 3 is 1.88 bits per heavy atom. The van der Waals surface area contributed by atoms with Crippen LogP contribution in [0.25, 0.3) is 82.9 Å². The van der Waals surface area contributed by atoms with Gasteiger partial charge in [0.25, 0.3) is 0 Å². The normalized spacial score (nSPS) is 13.8. The first-order chi connectivity index (χ1) is 23.7. The van der Waals surface area contributed by atoms with E-state index in [1.54, 1.807) is 0 Å². The van der Waals surface area contributed by atoms with E-state index in [2.05, 4.69) is 131 Å². The van der Waals surface area contributed by atoms with Gasteiger partial charge in [-0.15, -0.1) is 0 Å². The minimum Gasteiger partial charge on any atom is -0.457 e. The Morgan fingerprint density at radius 1 is 0.583 bits per heavy atom. The highest BCUT2D eigenvalue weighted by Gasteiger charge is 2.25. The molecule has 9 aromatic rings. The first kappa shape index (κ1) is 26.7. The highest BCUT2D eigenvalue weighted by Crippen LogP contribution is 2.42. The van der Waals surface area contributed by atoms with E-state index in [0.717, 1.165) is 61.0 Å². The number of ether oxygens (including phenoxy) is 1. The van der Waals surface area contributed by atoms with Gasteiger partial charge in [-0.05, 0) is 78.7 Å². The molecular formula is C43H28N4O. The van der Waals surface area contributed by atoms with Crippen LogP contribution in [-0.2, 0) is 0 Å². The maximum atomic E-state index is 6.06. The van der Waals surface area contributed by atoms with Gasteiger partial charge >= 0.3 is 0 Å². The maximum Gasteiger partial charge on any atom is 0.235 e. The number of nitrogens with zero attached hydrogens (tertiary/aromatic N) is 4. The van der Waals surface area contributed by atoms with Crippen molar-refractivity contribution in [2.45, 2.75) is 6.92 Å². The first-order valence-electron chi connectivity index (χ1n) is 16.1. The topological polar surface area (TPSA) is 44.9 Å².